The molecular formula is C24H21NO5. The third-order valence-electron chi connectivity index (χ3n) is 5.34. The van der Waals surface area contributed by atoms with Crippen LogP contribution in [0.5, 0.6) is 0 Å². The Morgan fingerprint density at radius 1 is 0.867 bits per heavy atom. The fourth-order valence-electron chi connectivity index (χ4n) is 3.91. The lowest BCUT2D eigenvalue weighted by molar-refractivity contribution is -0.148. The van der Waals surface area contributed by atoms with Crippen molar-refractivity contribution in [1.82, 2.24) is 5.32 Å². The van der Waals surface area contributed by atoms with Crippen LogP contribution in [0.15, 0.2) is 78.9 Å². The number of nitrogens with one attached hydrogen (secondary N) is 1. The highest BCUT2D eigenvalue weighted by Gasteiger charge is 2.31. The van der Waals surface area contributed by atoms with Gasteiger partial charge in [0.2, 0.25) is 0 Å². The first-order valence-corrected chi connectivity index (χ1v) is 9.63. The van der Waals surface area contributed by atoms with Crippen LogP contribution >= 0.6 is 0 Å². The van der Waals surface area contributed by atoms with Crippen molar-refractivity contribution < 1.29 is 24.5 Å². The number of carbonyl (C=O) groups is 2. The summed E-state index contributed by atoms with van der Waals surface area (Å²) in [6, 6.07) is 23.3. The molecule has 0 heterocycles. The molecule has 1 aliphatic carbocycles. The second-order valence-electron chi connectivity index (χ2n) is 7.14. The normalized spacial score (nSPS) is 14.3. The third-order valence-corrected chi connectivity index (χ3v) is 5.34. The molecule has 3 N–H and O–H groups in total. The van der Waals surface area contributed by atoms with E-state index in [2.05, 4.69) is 5.32 Å². The van der Waals surface area contributed by atoms with Crippen LogP contribution in [0.1, 0.15) is 28.7 Å². The van der Waals surface area contributed by atoms with E-state index in [1.165, 1.54) is 0 Å². The van der Waals surface area contributed by atoms with Crippen molar-refractivity contribution >= 4 is 12.1 Å². The minimum Gasteiger partial charge on any atom is -0.479 e. The summed E-state index contributed by atoms with van der Waals surface area (Å²) in [5, 5.41) is 21.8. The Morgan fingerprint density at radius 2 is 1.40 bits per heavy atom. The van der Waals surface area contributed by atoms with Crippen molar-refractivity contribution in [2.75, 3.05) is 6.61 Å². The first-order chi connectivity index (χ1) is 14.6. The van der Waals surface area contributed by atoms with Gasteiger partial charge >= 0.3 is 12.1 Å². The summed E-state index contributed by atoms with van der Waals surface area (Å²) in [5.74, 6) is -1.54. The second-order valence-corrected chi connectivity index (χ2v) is 7.14. The number of fused-ring (bicyclic) bond motifs is 3. The van der Waals surface area contributed by atoms with Gasteiger partial charge in [-0.1, -0.05) is 78.9 Å². The molecule has 3 aromatic rings. The number of benzene rings is 3. The molecule has 0 saturated heterocycles. The Hall–Kier alpha value is -3.64. The molecule has 0 fully saturated rings. The number of alkyl carbamates (subject to hydrolysis) is 1. The largest absolute Gasteiger partial charge is 0.479 e. The second kappa shape index (κ2) is 8.39. The molecule has 152 valence electrons. The standard InChI is InChI=1S/C24H21NO5/c26-22(23(27)28)21(15-8-2-1-3-9-15)25-24(29)30-14-20-18-12-6-4-10-16(18)17-11-5-7-13-19(17)20/h1-13,20-22,26H,14H2,(H,25,29)(H,27,28)/t21-,22+/m1/s1. The van der Waals surface area contributed by atoms with Gasteiger partial charge in [0.1, 0.15) is 6.61 Å². The Kier molecular flexibility index (Phi) is 5.50. The maximum atomic E-state index is 12.5. The van der Waals surface area contributed by atoms with Gasteiger partial charge in [0.05, 0.1) is 6.04 Å². The number of carboxylic acid groups (broad SMARTS) is 1. The Morgan fingerprint density at radius 3 is 1.97 bits per heavy atom. The van der Waals surface area contributed by atoms with Crippen LogP contribution in [0.25, 0.3) is 11.1 Å². The van der Waals surface area contributed by atoms with Gasteiger partial charge in [-0.2, -0.15) is 0 Å². The summed E-state index contributed by atoms with van der Waals surface area (Å²) >= 11 is 0. The average molecular weight is 403 g/mol. The van der Waals surface area contributed by atoms with Gasteiger partial charge in [-0.3, -0.25) is 0 Å². The zero-order valence-corrected chi connectivity index (χ0v) is 16.1. The number of ether oxygens (including phenoxy) is 1. The molecular weight excluding hydrogens is 382 g/mol. The zero-order valence-electron chi connectivity index (χ0n) is 16.1. The van der Waals surface area contributed by atoms with Crippen LogP contribution in [0.4, 0.5) is 4.79 Å². The molecule has 0 radical (unpaired) electrons. The molecule has 0 unspecified atom stereocenters. The Balaban J connectivity index is 1.50. The van der Waals surface area contributed by atoms with E-state index in [1.807, 2.05) is 48.5 Å². The number of aliphatic carboxylic acids is 1. The molecule has 1 amide bonds. The van der Waals surface area contributed by atoms with Gasteiger partial charge in [-0.25, -0.2) is 9.59 Å². The number of hydrogen-bond acceptors (Lipinski definition) is 4. The van der Waals surface area contributed by atoms with Crippen LogP contribution < -0.4 is 5.32 Å². The zero-order chi connectivity index (χ0) is 21.1. The van der Waals surface area contributed by atoms with Crippen molar-refractivity contribution in [3.8, 4) is 11.1 Å². The number of aliphatic hydroxyl groups excluding tert-OH is 1. The monoisotopic (exact) mass is 403 g/mol. The third kappa shape index (κ3) is 3.77. The van der Waals surface area contributed by atoms with E-state index in [-0.39, 0.29) is 12.5 Å². The van der Waals surface area contributed by atoms with E-state index >= 15 is 0 Å². The predicted octanol–water partition coefficient (Wildman–Crippen LogP) is 3.71. The van der Waals surface area contributed by atoms with Crippen molar-refractivity contribution in [2.24, 2.45) is 0 Å². The van der Waals surface area contributed by atoms with Gasteiger partial charge in [-0.15, -0.1) is 0 Å². The van der Waals surface area contributed by atoms with Crippen molar-refractivity contribution in [2.45, 2.75) is 18.1 Å². The number of aliphatic hydroxyl groups is 1. The smallest absolute Gasteiger partial charge is 0.407 e. The minimum absolute atomic E-state index is 0.102. The van der Waals surface area contributed by atoms with Crippen molar-refractivity contribution in [3.05, 3.63) is 95.6 Å². The highest BCUT2D eigenvalue weighted by atomic mass is 16.5. The van der Waals surface area contributed by atoms with Crippen LogP contribution in [0, 0.1) is 0 Å². The Labute approximate surface area is 173 Å². The summed E-state index contributed by atoms with van der Waals surface area (Å²) in [7, 11) is 0. The number of hydrogen-bond donors (Lipinski definition) is 3. The summed E-state index contributed by atoms with van der Waals surface area (Å²) in [6.07, 6.45) is -2.58. The lowest BCUT2D eigenvalue weighted by Gasteiger charge is -2.22. The molecule has 2 atom stereocenters. The summed E-state index contributed by atoms with van der Waals surface area (Å²) in [4.78, 5) is 23.8. The van der Waals surface area contributed by atoms with Crippen molar-refractivity contribution in [3.63, 3.8) is 0 Å². The van der Waals surface area contributed by atoms with Crippen LogP contribution in [0.2, 0.25) is 0 Å². The van der Waals surface area contributed by atoms with E-state index in [4.69, 9.17) is 4.74 Å². The SMILES string of the molecule is O=C(N[C@H](c1ccccc1)[C@H](O)C(=O)O)OCC1c2ccccc2-c2ccccc21. The number of carboxylic acids is 1. The van der Waals surface area contributed by atoms with Gasteiger partial charge in [0.15, 0.2) is 6.10 Å². The van der Waals surface area contributed by atoms with E-state index in [1.54, 1.807) is 30.3 Å². The first kappa shape index (κ1) is 19.7. The number of carbonyl (C=O) groups excluding carboxylic acids is 1. The quantitative estimate of drug-likeness (QED) is 0.583. The fraction of sp³-hybridized carbons (Fsp3) is 0.167. The molecule has 6 nitrogen and oxygen atoms in total. The summed E-state index contributed by atoms with van der Waals surface area (Å²) in [6.45, 7) is 0.102. The fourth-order valence-corrected chi connectivity index (χ4v) is 3.91. The maximum absolute atomic E-state index is 12.5. The van der Waals surface area contributed by atoms with Gasteiger partial charge in [0, 0.05) is 5.92 Å². The summed E-state index contributed by atoms with van der Waals surface area (Å²) < 4.78 is 5.47. The topological polar surface area (TPSA) is 95.9 Å². The molecule has 0 aliphatic heterocycles. The molecule has 0 saturated carbocycles. The molecule has 6 heteroatoms. The van der Waals surface area contributed by atoms with E-state index in [0.29, 0.717) is 5.56 Å². The molecule has 3 aromatic carbocycles. The van der Waals surface area contributed by atoms with E-state index < -0.39 is 24.2 Å². The van der Waals surface area contributed by atoms with Gasteiger partial charge in [-0.05, 0) is 27.8 Å². The molecule has 30 heavy (non-hydrogen) atoms. The highest BCUT2D eigenvalue weighted by Crippen LogP contribution is 2.44. The minimum atomic E-state index is -1.80. The predicted molar refractivity (Wildman–Crippen MR) is 111 cm³/mol. The van der Waals surface area contributed by atoms with E-state index in [0.717, 1.165) is 22.3 Å². The average Bonchev–Trinajstić information content (AvgIpc) is 3.10. The molecule has 0 spiro atoms. The van der Waals surface area contributed by atoms with Crippen LogP contribution in [0.3, 0.4) is 0 Å². The summed E-state index contributed by atoms with van der Waals surface area (Å²) in [5.41, 5.74) is 4.87. The highest BCUT2D eigenvalue weighted by molar-refractivity contribution is 5.79. The number of rotatable bonds is 6. The number of amides is 1. The van der Waals surface area contributed by atoms with Gasteiger partial charge in [0.25, 0.3) is 0 Å². The van der Waals surface area contributed by atoms with Crippen LogP contribution in [-0.4, -0.2) is 35.0 Å². The van der Waals surface area contributed by atoms with Gasteiger partial charge < -0.3 is 20.3 Å². The lowest BCUT2D eigenvalue weighted by Crippen LogP contribution is -2.40. The molecule has 0 aromatic heterocycles. The first-order valence-electron chi connectivity index (χ1n) is 9.63. The van der Waals surface area contributed by atoms with Crippen molar-refractivity contribution in [1.29, 1.82) is 0 Å². The maximum Gasteiger partial charge on any atom is 0.407 e. The molecule has 0 bridgehead atoms. The molecule has 1 aliphatic rings. The Bertz CT molecular complexity index is 1020. The van der Waals surface area contributed by atoms with Crippen LogP contribution in [-0.2, 0) is 9.53 Å². The lowest BCUT2D eigenvalue weighted by atomic mass is 9.98. The van der Waals surface area contributed by atoms with E-state index in [9.17, 15) is 19.8 Å². The molecule has 4 rings (SSSR count).